The fraction of sp³-hybridized carbons (Fsp3) is 0.296. The molecule has 0 saturated heterocycles. The number of ether oxygens (including phenoxy) is 1. The van der Waals surface area contributed by atoms with Gasteiger partial charge in [-0.3, -0.25) is 4.57 Å². The maximum Gasteiger partial charge on any atom is 0.197 e. The average molecular weight is 468 g/mol. The molecular weight excluding hydrogens is 438 g/mol. The monoisotopic (exact) mass is 467 g/mol. The number of fused-ring (bicyclic) bond motifs is 1. The fourth-order valence-corrected chi connectivity index (χ4v) is 4.27. The molecule has 8 heteroatoms. The molecule has 0 spiro atoms. The van der Waals surface area contributed by atoms with Gasteiger partial charge in [-0.1, -0.05) is 66.1 Å². The van der Waals surface area contributed by atoms with Gasteiger partial charge >= 0.3 is 0 Å². The van der Waals surface area contributed by atoms with Gasteiger partial charge in [0, 0.05) is 30.2 Å². The molecule has 0 aliphatic rings. The van der Waals surface area contributed by atoms with E-state index in [1.165, 1.54) is 11.1 Å². The predicted octanol–water partition coefficient (Wildman–Crippen LogP) is 5.32. The molecule has 5 rings (SSSR count). The summed E-state index contributed by atoms with van der Waals surface area (Å²) in [6.45, 7) is 4.98. The van der Waals surface area contributed by atoms with Crippen molar-refractivity contribution in [1.82, 2.24) is 35.2 Å². The molecule has 2 aromatic carbocycles. The van der Waals surface area contributed by atoms with Crippen molar-refractivity contribution < 1.29 is 4.74 Å². The number of aromatic nitrogens is 7. The molecule has 35 heavy (non-hydrogen) atoms. The average Bonchev–Trinajstić information content (AvgIpc) is 3.51. The van der Waals surface area contributed by atoms with E-state index in [2.05, 4.69) is 87.6 Å². The summed E-state index contributed by atoms with van der Waals surface area (Å²) in [6, 6.07) is 18.9. The maximum atomic E-state index is 5.72. The molecule has 0 unspecified atom stereocenters. The van der Waals surface area contributed by atoms with Crippen molar-refractivity contribution in [3.05, 3.63) is 71.5 Å². The van der Waals surface area contributed by atoms with Crippen LogP contribution in [0.2, 0.25) is 0 Å². The van der Waals surface area contributed by atoms with Gasteiger partial charge in [0.2, 0.25) is 0 Å². The second-order valence-electron chi connectivity index (χ2n) is 8.86. The zero-order valence-electron chi connectivity index (χ0n) is 20.3. The number of methoxy groups -OCH3 is 1. The highest BCUT2D eigenvalue weighted by molar-refractivity contribution is 5.86. The number of benzene rings is 2. The van der Waals surface area contributed by atoms with Gasteiger partial charge in [0.25, 0.3) is 0 Å². The third kappa shape index (κ3) is 4.91. The Kier molecular flexibility index (Phi) is 6.52. The first kappa shape index (κ1) is 22.7. The highest BCUT2D eigenvalue weighted by Crippen LogP contribution is 2.34. The number of nitrogens with zero attached hydrogens (tertiary/aromatic N) is 6. The Hall–Kier alpha value is -4.07. The number of rotatable bonds is 9. The van der Waals surface area contributed by atoms with Gasteiger partial charge in [0.1, 0.15) is 11.3 Å². The molecule has 3 heterocycles. The minimum Gasteiger partial charge on any atom is -0.482 e. The van der Waals surface area contributed by atoms with Gasteiger partial charge < -0.3 is 4.74 Å². The van der Waals surface area contributed by atoms with Crippen LogP contribution in [0, 0.1) is 13.8 Å². The van der Waals surface area contributed by atoms with Crippen molar-refractivity contribution in [3.63, 3.8) is 0 Å². The Morgan fingerprint density at radius 1 is 0.829 bits per heavy atom. The highest BCUT2D eigenvalue weighted by atomic mass is 16.5. The van der Waals surface area contributed by atoms with Crippen molar-refractivity contribution in [2.45, 2.75) is 46.1 Å². The molecule has 1 N–H and O–H groups in total. The largest absolute Gasteiger partial charge is 0.482 e. The summed E-state index contributed by atoms with van der Waals surface area (Å²) in [6.07, 6.45) is 3.89. The molecule has 0 bridgehead atoms. The number of hydrogen-bond acceptors (Lipinski definition) is 6. The van der Waals surface area contributed by atoms with Gasteiger partial charge in [0.05, 0.1) is 18.5 Å². The number of unbranched alkanes of at least 4 members (excludes halogenated alkanes) is 2. The molecule has 0 atom stereocenters. The Morgan fingerprint density at radius 2 is 1.49 bits per heavy atom. The molecule has 0 radical (unpaired) electrons. The lowest BCUT2D eigenvalue weighted by atomic mass is 10.0. The Bertz CT molecular complexity index is 1410. The van der Waals surface area contributed by atoms with Crippen LogP contribution in [0.25, 0.3) is 33.7 Å². The normalized spacial score (nSPS) is 11.3. The van der Waals surface area contributed by atoms with Crippen LogP contribution in [0.4, 0.5) is 0 Å². The zero-order valence-corrected chi connectivity index (χ0v) is 20.3. The third-order valence-corrected chi connectivity index (χ3v) is 6.23. The third-order valence-electron chi connectivity index (χ3n) is 6.23. The molecule has 0 fully saturated rings. The first-order chi connectivity index (χ1) is 17.1. The summed E-state index contributed by atoms with van der Waals surface area (Å²) < 4.78 is 7.85. The number of tetrazole rings is 1. The molecule has 0 aliphatic carbocycles. The highest BCUT2D eigenvalue weighted by Gasteiger charge is 2.18. The van der Waals surface area contributed by atoms with Crippen molar-refractivity contribution in [3.8, 4) is 28.4 Å². The molecular formula is C27H29N7O. The zero-order chi connectivity index (χ0) is 24.2. The topological polar surface area (TPSA) is 94.4 Å². The lowest BCUT2D eigenvalue weighted by molar-refractivity contribution is 0.371. The van der Waals surface area contributed by atoms with Gasteiger partial charge in [-0.2, -0.15) is 0 Å². The van der Waals surface area contributed by atoms with Crippen molar-refractivity contribution in [2.24, 2.45) is 0 Å². The first-order valence-electron chi connectivity index (χ1n) is 11.9. The van der Waals surface area contributed by atoms with E-state index >= 15 is 0 Å². The summed E-state index contributed by atoms with van der Waals surface area (Å²) in [5.74, 6) is 1.60. The predicted molar refractivity (Wildman–Crippen MR) is 136 cm³/mol. The maximum absolute atomic E-state index is 5.72. The van der Waals surface area contributed by atoms with E-state index in [9.17, 15) is 0 Å². The second-order valence-corrected chi connectivity index (χ2v) is 8.86. The minimum atomic E-state index is 0.773. The Labute approximate surface area is 204 Å². The lowest BCUT2D eigenvalue weighted by Crippen LogP contribution is -2.04. The standard InChI is InChI=1S/C27H29N7O/c1-18-8-12-20(13-9-18)25-26(21-14-10-19(2)11-15-21)29-27-22(28-25)17-24(35-3)34(27)16-6-4-5-7-23-30-32-33-31-23/h8-15,17H,4-7,16H2,1-3H3,(H,30,31,32,33). The quantitative estimate of drug-likeness (QED) is 0.295. The van der Waals surface area contributed by atoms with Crippen LogP contribution < -0.4 is 4.74 Å². The summed E-state index contributed by atoms with van der Waals surface area (Å²) in [4.78, 5) is 10.3. The van der Waals surface area contributed by atoms with E-state index < -0.39 is 0 Å². The smallest absolute Gasteiger partial charge is 0.197 e. The Balaban J connectivity index is 1.50. The van der Waals surface area contributed by atoms with Crippen LogP contribution in [0.1, 0.15) is 36.2 Å². The van der Waals surface area contributed by atoms with Crippen LogP contribution in [0.15, 0.2) is 54.6 Å². The molecule has 0 amide bonds. The molecule has 8 nitrogen and oxygen atoms in total. The van der Waals surface area contributed by atoms with Crippen LogP contribution in [0.5, 0.6) is 5.88 Å². The van der Waals surface area contributed by atoms with Gasteiger partial charge in [-0.25, -0.2) is 15.1 Å². The SMILES string of the molecule is COc1cc2nc(-c3ccc(C)cc3)c(-c3ccc(C)cc3)nc2n1CCCCCc1nnn[nH]1. The van der Waals surface area contributed by atoms with E-state index in [0.29, 0.717) is 0 Å². The number of nitrogens with one attached hydrogen (secondary N) is 1. The van der Waals surface area contributed by atoms with Gasteiger partial charge in [-0.15, -0.1) is 5.10 Å². The van der Waals surface area contributed by atoms with Gasteiger partial charge in [-0.05, 0) is 37.1 Å². The fourth-order valence-electron chi connectivity index (χ4n) is 4.27. The molecule has 0 aliphatic heterocycles. The van der Waals surface area contributed by atoms with Crippen molar-refractivity contribution >= 4 is 11.2 Å². The van der Waals surface area contributed by atoms with E-state index in [1.807, 2.05) is 6.07 Å². The molecule has 5 aromatic rings. The molecule has 178 valence electrons. The minimum absolute atomic E-state index is 0.773. The number of hydrogen-bond donors (Lipinski definition) is 1. The Morgan fingerprint density at radius 3 is 2.09 bits per heavy atom. The van der Waals surface area contributed by atoms with Crippen molar-refractivity contribution in [2.75, 3.05) is 7.11 Å². The van der Waals surface area contributed by atoms with E-state index in [1.54, 1.807) is 7.11 Å². The van der Waals surface area contributed by atoms with E-state index in [-0.39, 0.29) is 0 Å². The van der Waals surface area contributed by atoms with Gasteiger partial charge in [0.15, 0.2) is 11.5 Å². The van der Waals surface area contributed by atoms with Crippen LogP contribution in [0.3, 0.4) is 0 Å². The van der Waals surface area contributed by atoms with Crippen LogP contribution >= 0.6 is 0 Å². The summed E-state index contributed by atoms with van der Waals surface area (Å²) in [7, 11) is 1.70. The summed E-state index contributed by atoms with van der Waals surface area (Å²) >= 11 is 0. The van der Waals surface area contributed by atoms with Crippen LogP contribution in [-0.4, -0.2) is 42.3 Å². The summed E-state index contributed by atoms with van der Waals surface area (Å²) in [5.41, 5.74) is 7.96. The number of H-pyrrole nitrogens is 1. The first-order valence-corrected chi connectivity index (χ1v) is 11.9. The molecule has 0 saturated carbocycles. The number of aromatic amines is 1. The van der Waals surface area contributed by atoms with E-state index in [0.717, 1.165) is 77.6 Å². The van der Waals surface area contributed by atoms with E-state index in [4.69, 9.17) is 14.7 Å². The van der Waals surface area contributed by atoms with Crippen LogP contribution in [-0.2, 0) is 13.0 Å². The number of aryl methyl sites for hydroxylation is 4. The summed E-state index contributed by atoms with van der Waals surface area (Å²) in [5, 5.41) is 14.0. The lowest BCUT2D eigenvalue weighted by Gasteiger charge is -2.12. The second kappa shape index (κ2) is 10.0. The molecule has 3 aromatic heterocycles. The van der Waals surface area contributed by atoms with Crippen molar-refractivity contribution in [1.29, 1.82) is 0 Å².